The van der Waals surface area contributed by atoms with Crippen LogP contribution in [0.4, 0.5) is 8.78 Å². The topological polar surface area (TPSA) is 57.7 Å². The normalized spacial score (nSPS) is 21.0. The zero-order chi connectivity index (χ0) is 20.6. The van der Waals surface area contributed by atoms with Gasteiger partial charge in [-0.1, -0.05) is 18.2 Å². The van der Waals surface area contributed by atoms with E-state index >= 15 is 0 Å². The Morgan fingerprint density at radius 3 is 2.34 bits per heavy atom. The smallest absolute Gasteiger partial charge is 0.253 e. The molecule has 152 valence electrons. The molecule has 2 amide bonds. The number of rotatable bonds is 3. The minimum atomic E-state index is -1.40. The van der Waals surface area contributed by atoms with Crippen LogP contribution in [0.15, 0.2) is 48.5 Å². The summed E-state index contributed by atoms with van der Waals surface area (Å²) in [5.41, 5.74) is 0.899. The Balaban J connectivity index is 1.52. The zero-order valence-corrected chi connectivity index (χ0v) is 16.5. The van der Waals surface area contributed by atoms with Crippen molar-refractivity contribution in [2.75, 3.05) is 18.8 Å². The highest BCUT2D eigenvalue weighted by Crippen LogP contribution is 2.38. The van der Waals surface area contributed by atoms with Crippen molar-refractivity contribution in [1.29, 1.82) is 0 Å². The number of benzene rings is 2. The highest BCUT2D eigenvalue weighted by atomic mass is 32.2. The molecule has 2 saturated heterocycles. The van der Waals surface area contributed by atoms with Crippen LogP contribution in [-0.2, 0) is 22.1 Å². The summed E-state index contributed by atoms with van der Waals surface area (Å²) in [5.74, 6) is -1.44. The van der Waals surface area contributed by atoms with Gasteiger partial charge in [0.2, 0.25) is 5.91 Å². The maximum Gasteiger partial charge on any atom is 0.253 e. The molecule has 4 rings (SSSR count). The third-order valence-electron chi connectivity index (χ3n) is 5.60. The van der Waals surface area contributed by atoms with Crippen molar-refractivity contribution in [2.45, 2.75) is 24.3 Å². The van der Waals surface area contributed by atoms with Crippen LogP contribution in [0.1, 0.15) is 28.8 Å². The van der Waals surface area contributed by atoms with Gasteiger partial charge in [-0.3, -0.25) is 13.8 Å². The minimum Gasteiger partial charge on any atom is -0.338 e. The van der Waals surface area contributed by atoms with Crippen LogP contribution in [0.3, 0.4) is 0 Å². The molecule has 0 N–H and O–H groups in total. The van der Waals surface area contributed by atoms with Crippen LogP contribution in [0.2, 0.25) is 0 Å². The molecule has 1 unspecified atom stereocenters. The van der Waals surface area contributed by atoms with E-state index in [0.717, 1.165) is 0 Å². The van der Waals surface area contributed by atoms with Gasteiger partial charge >= 0.3 is 0 Å². The van der Waals surface area contributed by atoms with Gasteiger partial charge in [0.05, 0.1) is 10.8 Å². The average Bonchev–Trinajstić information content (AvgIpc) is 2.92. The standard InChI is InChI=1S/C21H20F2N2O3S/c22-17-5-1-3-15(11-17)13-25-19(26)14-29(28)21(25)7-9-24(10-8-21)20(27)16-4-2-6-18(23)12-16/h1-6,11-12H,7-10,13-14H2. The minimum absolute atomic E-state index is 0.0623. The van der Waals surface area contributed by atoms with Crippen molar-refractivity contribution >= 4 is 22.6 Å². The number of piperidine rings is 1. The van der Waals surface area contributed by atoms with Gasteiger partial charge in [-0.2, -0.15) is 0 Å². The number of carbonyl (C=O) groups excluding carboxylic acids is 2. The molecule has 2 aliphatic heterocycles. The number of likely N-dealkylation sites (tertiary alicyclic amines) is 1. The zero-order valence-electron chi connectivity index (χ0n) is 15.6. The number of hydrogen-bond acceptors (Lipinski definition) is 3. The highest BCUT2D eigenvalue weighted by molar-refractivity contribution is 7.87. The predicted molar refractivity (Wildman–Crippen MR) is 104 cm³/mol. The van der Waals surface area contributed by atoms with Crippen LogP contribution >= 0.6 is 0 Å². The molecular weight excluding hydrogens is 398 g/mol. The fourth-order valence-corrected chi connectivity index (χ4v) is 5.78. The summed E-state index contributed by atoms with van der Waals surface area (Å²) in [6.45, 7) is 0.808. The van der Waals surface area contributed by atoms with Crippen molar-refractivity contribution in [2.24, 2.45) is 0 Å². The third kappa shape index (κ3) is 3.69. The molecule has 29 heavy (non-hydrogen) atoms. The van der Waals surface area contributed by atoms with E-state index in [-0.39, 0.29) is 35.5 Å². The summed E-state index contributed by atoms with van der Waals surface area (Å²) in [5, 5.41) is 0. The summed E-state index contributed by atoms with van der Waals surface area (Å²) in [7, 11) is -1.40. The molecule has 2 aromatic carbocycles. The summed E-state index contributed by atoms with van der Waals surface area (Å²) in [4.78, 5) is 27.5. The fourth-order valence-electron chi connectivity index (χ4n) is 4.09. The lowest BCUT2D eigenvalue weighted by atomic mass is 10.00. The fraction of sp³-hybridized carbons (Fsp3) is 0.333. The molecule has 0 aromatic heterocycles. The van der Waals surface area contributed by atoms with Gasteiger partial charge in [0.1, 0.15) is 22.3 Å². The average molecular weight is 418 g/mol. The second-order valence-electron chi connectivity index (χ2n) is 7.35. The van der Waals surface area contributed by atoms with Crippen molar-refractivity contribution in [3.8, 4) is 0 Å². The monoisotopic (exact) mass is 418 g/mol. The molecule has 0 aliphatic carbocycles. The molecule has 2 aliphatic rings. The number of halogens is 2. The predicted octanol–water partition coefficient (Wildman–Crippen LogP) is 2.69. The second-order valence-corrected chi connectivity index (χ2v) is 9.09. The molecule has 0 radical (unpaired) electrons. The van der Waals surface area contributed by atoms with E-state index in [0.29, 0.717) is 31.5 Å². The molecule has 8 heteroatoms. The van der Waals surface area contributed by atoms with Gasteiger partial charge < -0.3 is 9.80 Å². The molecule has 5 nitrogen and oxygen atoms in total. The van der Waals surface area contributed by atoms with Gasteiger partial charge in [-0.25, -0.2) is 8.78 Å². The van der Waals surface area contributed by atoms with Crippen LogP contribution < -0.4 is 0 Å². The molecular formula is C21H20F2N2O3S. The van der Waals surface area contributed by atoms with Crippen molar-refractivity contribution in [3.05, 3.63) is 71.3 Å². The Labute approximate surface area is 169 Å². The van der Waals surface area contributed by atoms with E-state index in [9.17, 15) is 22.6 Å². The maximum absolute atomic E-state index is 13.5. The molecule has 2 fully saturated rings. The van der Waals surface area contributed by atoms with Crippen molar-refractivity contribution in [1.82, 2.24) is 9.80 Å². The van der Waals surface area contributed by atoms with Crippen molar-refractivity contribution in [3.63, 3.8) is 0 Å². The number of hydrogen-bond donors (Lipinski definition) is 0. The first kappa shape index (κ1) is 19.7. The molecule has 0 saturated carbocycles. The first-order valence-corrected chi connectivity index (χ1v) is 10.7. The molecule has 1 atom stereocenters. The van der Waals surface area contributed by atoms with E-state index in [2.05, 4.69) is 0 Å². The Kier molecular flexibility index (Phi) is 5.21. The Morgan fingerprint density at radius 1 is 1.03 bits per heavy atom. The number of amides is 2. The van der Waals surface area contributed by atoms with E-state index in [1.807, 2.05) is 0 Å². The van der Waals surface area contributed by atoms with Crippen LogP contribution in [-0.4, -0.2) is 49.5 Å². The van der Waals surface area contributed by atoms with Gasteiger partial charge in [0.25, 0.3) is 5.91 Å². The molecule has 2 heterocycles. The van der Waals surface area contributed by atoms with E-state index < -0.39 is 21.5 Å². The molecule has 0 bridgehead atoms. The molecule has 2 aromatic rings. The Bertz CT molecular complexity index is 989. The highest BCUT2D eigenvalue weighted by Gasteiger charge is 2.53. The largest absolute Gasteiger partial charge is 0.338 e. The Hall–Kier alpha value is -2.61. The van der Waals surface area contributed by atoms with E-state index in [4.69, 9.17) is 0 Å². The lowest BCUT2D eigenvalue weighted by molar-refractivity contribution is -0.131. The number of carbonyl (C=O) groups is 2. The summed E-state index contributed by atoms with van der Waals surface area (Å²) in [6.07, 6.45) is 0.726. The van der Waals surface area contributed by atoms with Crippen molar-refractivity contribution < 1.29 is 22.6 Å². The second kappa shape index (κ2) is 7.67. The third-order valence-corrected chi connectivity index (χ3v) is 7.59. The van der Waals surface area contributed by atoms with Gasteiger partial charge in [-0.05, 0) is 35.9 Å². The van der Waals surface area contributed by atoms with Gasteiger partial charge in [0, 0.05) is 38.0 Å². The Morgan fingerprint density at radius 2 is 1.69 bits per heavy atom. The van der Waals surface area contributed by atoms with E-state index in [1.54, 1.807) is 28.0 Å². The quantitative estimate of drug-likeness (QED) is 0.770. The first-order chi connectivity index (χ1) is 13.9. The maximum atomic E-state index is 13.5. The van der Waals surface area contributed by atoms with Crippen LogP contribution in [0.25, 0.3) is 0 Å². The summed E-state index contributed by atoms with van der Waals surface area (Å²) >= 11 is 0. The lowest BCUT2D eigenvalue weighted by Gasteiger charge is -2.43. The first-order valence-electron chi connectivity index (χ1n) is 9.37. The lowest BCUT2D eigenvalue weighted by Crippen LogP contribution is -2.55. The van der Waals surface area contributed by atoms with Crippen LogP contribution in [0, 0.1) is 11.6 Å². The number of nitrogens with zero attached hydrogens (tertiary/aromatic N) is 2. The van der Waals surface area contributed by atoms with E-state index in [1.165, 1.54) is 30.3 Å². The summed E-state index contributed by atoms with van der Waals surface area (Å²) in [6, 6.07) is 11.5. The SMILES string of the molecule is O=C(c1cccc(F)c1)N1CCC2(CC1)N(Cc1cccc(F)c1)C(=O)CS2=O. The summed E-state index contributed by atoms with van der Waals surface area (Å²) < 4.78 is 39.8. The molecule has 1 spiro atoms. The van der Waals surface area contributed by atoms with Gasteiger partial charge in [0.15, 0.2) is 0 Å². The van der Waals surface area contributed by atoms with Gasteiger partial charge in [-0.15, -0.1) is 0 Å². The van der Waals surface area contributed by atoms with Crippen LogP contribution in [0.5, 0.6) is 0 Å².